The topological polar surface area (TPSA) is 157 Å². The van der Waals surface area contributed by atoms with Crippen molar-refractivity contribution < 1.29 is 19.6 Å². The van der Waals surface area contributed by atoms with Gasteiger partial charge in [0.15, 0.2) is 0 Å². The summed E-state index contributed by atoms with van der Waals surface area (Å²) in [5.74, 6) is -0.892. The fourth-order valence-corrected chi connectivity index (χ4v) is 1.13. The molecule has 2 N–H and O–H groups in total. The second-order valence-electron chi connectivity index (χ2n) is 3.17. The molecule has 1 amide bonds. The number of pyridine rings is 1. The van der Waals surface area contributed by atoms with Crippen LogP contribution in [0.4, 0.5) is 5.69 Å². The number of nitrogens with zero attached hydrogens (tertiary/aromatic N) is 2. The van der Waals surface area contributed by atoms with Gasteiger partial charge in [-0.15, -0.1) is 10.1 Å². The number of hydrogen-bond acceptors (Lipinski definition) is 7. The molecule has 0 unspecified atom stereocenters. The van der Waals surface area contributed by atoms with E-state index in [9.17, 15) is 29.8 Å². The van der Waals surface area contributed by atoms with Crippen molar-refractivity contribution >= 4 is 11.6 Å². The fourth-order valence-electron chi connectivity index (χ4n) is 1.13. The molecule has 0 aliphatic carbocycles. The van der Waals surface area contributed by atoms with Gasteiger partial charge in [-0.3, -0.25) is 19.7 Å². The predicted octanol–water partition coefficient (Wildman–Crippen LogP) is -0.779. The maximum Gasteiger partial charge on any atom is 0.294 e. The van der Waals surface area contributed by atoms with Crippen LogP contribution >= 0.6 is 0 Å². The highest BCUT2D eigenvalue weighted by atomic mass is 16.9. The summed E-state index contributed by atoms with van der Waals surface area (Å²) in [5.41, 5.74) is -1.72. The molecule has 0 aliphatic heterocycles. The molecule has 0 fully saturated rings. The van der Waals surface area contributed by atoms with Crippen LogP contribution in [0, 0.1) is 20.2 Å². The van der Waals surface area contributed by atoms with Crippen LogP contribution in [0.15, 0.2) is 17.1 Å². The Labute approximate surface area is 104 Å². The van der Waals surface area contributed by atoms with Crippen LogP contribution in [-0.2, 0) is 4.84 Å². The van der Waals surface area contributed by atoms with Crippen molar-refractivity contribution in [3.05, 3.63) is 48.4 Å². The van der Waals surface area contributed by atoms with Crippen LogP contribution < -0.4 is 10.9 Å². The first-order chi connectivity index (χ1) is 8.91. The van der Waals surface area contributed by atoms with E-state index in [-0.39, 0.29) is 6.54 Å². The number of nitrogens with one attached hydrogen (secondary N) is 2. The van der Waals surface area contributed by atoms with Gasteiger partial charge in [0.1, 0.15) is 12.2 Å². The van der Waals surface area contributed by atoms with E-state index in [2.05, 4.69) is 10.2 Å². The van der Waals surface area contributed by atoms with Crippen molar-refractivity contribution in [2.75, 3.05) is 13.2 Å². The SMILES string of the molecule is O=C(NCCO[N+](=O)[O-])c1cc([N+](=O)[O-])c[nH]c1=O. The largest absolute Gasteiger partial charge is 0.350 e. The normalized spacial score (nSPS) is 9.68. The third kappa shape index (κ3) is 4.07. The number of carbonyl (C=O) groups is 1. The summed E-state index contributed by atoms with van der Waals surface area (Å²) in [7, 11) is 0. The molecule has 1 heterocycles. The zero-order chi connectivity index (χ0) is 14.4. The highest BCUT2D eigenvalue weighted by Gasteiger charge is 2.15. The number of aromatic nitrogens is 1. The Morgan fingerprint density at radius 2 is 2.11 bits per heavy atom. The second-order valence-corrected chi connectivity index (χ2v) is 3.17. The average molecular weight is 272 g/mol. The van der Waals surface area contributed by atoms with Gasteiger partial charge >= 0.3 is 0 Å². The van der Waals surface area contributed by atoms with Crippen LogP contribution in [0.25, 0.3) is 0 Å². The number of nitro groups is 1. The number of amides is 1. The molecule has 0 saturated carbocycles. The van der Waals surface area contributed by atoms with Gasteiger partial charge in [0.05, 0.1) is 11.1 Å². The van der Waals surface area contributed by atoms with Gasteiger partial charge in [-0.05, 0) is 0 Å². The van der Waals surface area contributed by atoms with E-state index in [0.29, 0.717) is 0 Å². The van der Waals surface area contributed by atoms with Crippen molar-refractivity contribution in [1.82, 2.24) is 10.3 Å². The average Bonchev–Trinajstić information content (AvgIpc) is 2.34. The summed E-state index contributed by atoms with van der Waals surface area (Å²) in [5, 5.41) is 21.4. The Balaban J connectivity index is 2.71. The third-order valence-corrected chi connectivity index (χ3v) is 1.93. The minimum Gasteiger partial charge on any atom is -0.350 e. The maximum absolute atomic E-state index is 11.5. The number of carbonyl (C=O) groups excluding carboxylic acids is 1. The van der Waals surface area contributed by atoms with Crippen molar-refractivity contribution in [2.45, 2.75) is 0 Å². The van der Waals surface area contributed by atoms with E-state index < -0.39 is 39.3 Å². The molecule has 102 valence electrons. The van der Waals surface area contributed by atoms with E-state index in [0.717, 1.165) is 12.3 Å². The monoisotopic (exact) mass is 272 g/mol. The summed E-state index contributed by atoms with van der Waals surface area (Å²) in [4.78, 5) is 48.3. The van der Waals surface area contributed by atoms with E-state index >= 15 is 0 Å². The first kappa shape index (κ1) is 14.1. The van der Waals surface area contributed by atoms with Gasteiger partial charge in [0, 0.05) is 12.6 Å². The van der Waals surface area contributed by atoms with Crippen LogP contribution in [0.2, 0.25) is 0 Å². The van der Waals surface area contributed by atoms with Crippen LogP contribution in [-0.4, -0.2) is 34.1 Å². The molecule has 0 aliphatic rings. The van der Waals surface area contributed by atoms with Gasteiger partial charge < -0.3 is 15.1 Å². The predicted molar refractivity (Wildman–Crippen MR) is 59.0 cm³/mol. The molecular weight excluding hydrogens is 264 g/mol. The zero-order valence-corrected chi connectivity index (χ0v) is 9.32. The van der Waals surface area contributed by atoms with Crippen molar-refractivity contribution in [3.63, 3.8) is 0 Å². The second kappa shape index (κ2) is 6.09. The molecule has 0 aromatic carbocycles. The molecule has 1 aromatic heterocycles. The Morgan fingerprint density at radius 1 is 1.42 bits per heavy atom. The van der Waals surface area contributed by atoms with E-state index in [1.807, 2.05) is 4.98 Å². The third-order valence-electron chi connectivity index (χ3n) is 1.93. The number of H-pyrrole nitrogens is 1. The Hall–Kier alpha value is -2.98. The minimum atomic E-state index is -1.04. The number of rotatable bonds is 6. The smallest absolute Gasteiger partial charge is 0.294 e. The van der Waals surface area contributed by atoms with Gasteiger partial charge in [-0.1, -0.05) is 0 Å². The molecule has 11 nitrogen and oxygen atoms in total. The molecule has 0 bridgehead atoms. The van der Waals surface area contributed by atoms with Crippen LogP contribution in [0.1, 0.15) is 10.4 Å². The first-order valence-corrected chi connectivity index (χ1v) is 4.84. The zero-order valence-electron chi connectivity index (χ0n) is 9.32. The van der Waals surface area contributed by atoms with Crippen molar-refractivity contribution in [2.24, 2.45) is 0 Å². The fraction of sp³-hybridized carbons (Fsp3) is 0.250. The van der Waals surface area contributed by atoms with Crippen LogP contribution in [0.3, 0.4) is 0 Å². The van der Waals surface area contributed by atoms with Crippen molar-refractivity contribution in [3.8, 4) is 0 Å². The van der Waals surface area contributed by atoms with E-state index in [1.165, 1.54) is 0 Å². The summed E-state index contributed by atoms with van der Waals surface area (Å²) >= 11 is 0. The van der Waals surface area contributed by atoms with Crippen molar-refractivity contribution in [1.29, 1.82) is 0 Å². The molecule has 11 heteroatoms. The summed E-state index contributed by atoms with van der Waals surface area (Å²) < 4.78 is 0. The molecule has 0 atom stereocenters. The van der Waals surface area contributed by atoms with Crippen LogP contribution in [0.5, 0.6) is 0 Å². The molecule has 1 aromatic rings. The Morgan fingerprint density at radius 3 is 2.68 bits per heavy atom. The Bertz CT molecular complexity index is 566. The Kier molecular flexibility index (Phi) is 4.51. The minimum absolute atomic E-state index is 0.220. The molecule has 0 spiro atoms. The lowest BCUT2D eigenvalue weighted by Gasteiger charge is -2.03. The maximum atomic E-state index is 11.5. The molecule has 19 heavy (non-hydrogen) atoms. The van der Waals surface area contributed by atoms with Gasteiger partial charge in [0.2, 0.25) is 0 Å². The molecular formula is C8H8N4O7. The molecule has 1 rings (SSSR count). The highest BCUT2D eigenvalue weighted by molar-refractivity contribution is 5.94. The van der Waals surface area contributed by atoms with Gasteiger partial charge in [0.25, 0.3) is 22.2 Å². The quantitative estimate of drug-likeness (QED) is 0.390. The number of aromatic amines is 1. The molecule has 0 radical (unpaired) electrons. The van der Waals surface area contributed by atoms with Gasteiger partial charge in [-0.2, -0.15) is 0 Å². The highest BCUT2D eigenvalue weighted by Crippen LogP contribution is 2.07. The standard InChI is InChI=1S/C8H8N4O7/c13-7(9-1-2-19-12(17)18)6-3-5(11(15)16)4-10-8(6)14/h3-4H,1-2H2,(H,9,13)(H,10,14). The lowest BCUT2D eigenvalue weighted by atomic mass is 10.2. The van der Waals surface area contributed by atoms with E-state index in [4.69, 9.17) is 0 Å². The van der Waals surface area contributed by atoms with Gasteiger partial charge in [-0.25, -0.2) is 0 Å². The molecule has 0 saturated heterocycles. The first-order valence-electron chi connectivity index (χ1n) is 4.84. The summed E-state index contributed by atoms with van der Waals surface area (Å²) in [6, 6.07) is 0.808. The summed E-state index contributed by atoms with van der Waals surface area (Å²) in [6.45, 7) is -0.618. The number of hydrogen-bond donors (Lipinski definition) is 2. The van der Waals surface area contributed by atoms with E-state index in [1.54, 1.807) is 0 Å². The lowest BCUT2D eigenvalue weighted by molar-refractivity contribution is -0.757. The summed E-state index contributed by atoms with van der Waals surface area (Å²) in [6.07, 6.45) is 0.856. The lowest BCUT2D eigenvalue weighted by Crippen LogP contribution is -2.32.